The summed E-state index contributed by atoms with van der Waals surface area (Å²) in [6.07, 6.45) is 0.171. The van der Waals surface area contributed by atoms with Crippen molar-refractivity contribution in [3.8, 4) is 0 Å². The molecule has 156 valence electrons. The number of alkyl carbamates (subject to hydrolysis) is 1. The van der Waals surface area contributed by atoms with E-state index in [-0.39, 0.29) is 31.4 Å². The number of nitrogens with one attached hydrogen (secondary N) is 1. The number of carbonyl (C=O) groups excluding carboxylic acids is 3. The molecule has 0 saturated carbocycles. The molecule has 2 aromatic carbocycles. The summed E-state index contributed by atoms with van der Waals surface area (Å²) in [5.41, 5.74) is 1.56. The van der Waals surface area contributed by atoms with Crippen molar-refractivity contribution in [2.24, 2.45) is 0 Å². The van der Waals surface area contributed by atoms with Crippen LogP contribution in [0.3, 0.4) is 0 Å². The largest absolute Gasteiger partial charge is 0.480 e. The standard InChI is InChI=1S/C22H22N2O6/c25-19-16-10-4-5-11-17(16)20(26)24(19)13-7-6-12-18(21(27)28)23-22(29)30-14-15-8-2-1-3-9-15/h1-5,8-11,18H,6-7,12-14H2,(H,23,29)(H,27,28). The third-order valence-electron chi connectivity index (χ3n) is 4.81. The van der Waals surface area contributed by atoms with Crippen LogP contribution in [0.1, 0.15) is 45.5 Å². The van der Waals surface area contributed by atoms with E-state index in [2.05, 4.69) is 5.32 Å². The van der Waals surface area contributed by atoms with Crippen LogP contribution in [0, 0.1) is 0 Å². The molecule has 0 aromatic heterocycles. The van der Waals surface area contributed by atoms with Crippen molar-refractivity contribution in [3.63, 3.8) is 0 Å². The van der Waals surface area contributed by atoms with E-state index >= 15 is 0 Å². The predicted octanol–water partition coefficient (Wildman–Crippen LogP) is 2.83. The number of carboxylic acid groups (broad SMARTS) is 1. The summed E-state index contributed by atoms with van der Waals surface area (Å²) in [4.78, 5) is 49.1. The Bertz CT molecular complexity index is 909. The molecular weight excluding hydrogens is 388 g/mol. The minimum absolute atomic E-state index is 0.0404. The maximum atomic E-state index is 12.3. The molecule has 1 aliphatic rings. The van der Waals surface area contributed by atoms with Gasteiger partial charge in [-0.25, -0.2) is 9.59 Å². The van der Waals surface area contributed by atoms with Crippen molar-refractivity contribution in [2.75, 3.05) is 6.54 Å². The topological polar surface area (TPSA) is 113 Å². The van der Waals surface area contributed by atoms with Gasteiger partial charge in [0.1, 0.15) is 12.6 Å². The smallest absolute Gasteiger partial charge is 0.408 e. The quantitative estimate of drug-likeness (QED) is 0.486. The van der Waals surface area contributed by atoms with Crippen molar-refractivity contribution in [1.82, 2.24) is 10.2 Å². The van der Waals surface area contributed by atoms with Gasteiger partial charge in [-0.05, 0) is 37.0 Å². The van der Waals surface area contributed by atoms with E-state index in [1.807, 2.05) is 18.2 Å². The number of hydrogen-bond acceptors (Lipinski definition) is 5. The Balaban J connectivity index is 1.43. The lowest BCUT2D eigenvalue weighted by Gasteiger charge is -2.16. The summed E-state index contributed by atoms with van der Waals surface area (Å²) in [5.74, 6) is -1.85. The second kappa shape index (κ2) is 9.69. The van der Waals surface area contributed by atoms with Crippen LogP contribution in [-0.2, 0) is 16.1 Å². The lowest BCUT2D eigenvalue weighted by atomic mass is 10.1. The first-order chi connectivity index (χ1) is 14.5. The van der Waals surface area contributed by atoms with E-state index in [1.54, 1.807) is 36.4 Å². The van der Waals surface area contributed by atoms with Gasteiger partial charge in [0.2, 0.25) is 0 Å². The first kappa shape index (κ1) is 21.0. The number of carboxylic acids is 1. The highest BCUT2D eigenvalue weighted by Gasteiger charge is 2.34. The molecule has 0 aliphatic carbocycles. The number of amides is 3. The fourth-order valence-corrected chi connectivity index (χ4v) is 3.23. The van der Waals surface area contributed by atoms with Crippen molar-refractivity contribution >= 4 is 23.9 Å². The highest BCUT2D eigenvalue weighted by Crippen LogP contribution is 2.22. The molecule has 0 saturated heterocycles. The van der Waals surface area contributed by atoms with Crippen LogP contribution < -0.4 is 5.32 Å². The first-order valence-electron chi connectivity index (χ1n) is 9.62. The van der Waals surface area contributed by atoms with Crippen LogP contribution in [0.15, 0.2) is 54.6 Å². The molecule has 1 aliphatic heterocycles. The number of fused-ring (bicyclic) bond motifs is 1. The van der Waals surface area contributed by atoms with Gasteiger partial charge in [-0.15, -0.1) is 0 Å². The van der Waals surface area contributed by atoms with E-state index in [0.29, 0.717) is 24.0 Å². The zero-order valence-electron chi connectivity index (χ0n) is 16.2. The summed E-state index contributed by atoms with van der Waals surface area (Å²) < 4.78 is 5.05. The molecule has 0 spiro atoms. The molecular formula is C22H22N2O6. The van der Waals surface area contributed by atoms with Crippen LogP contribution in [0.5, 0.6) is 0 Å². The Morgan fingerprint density at radius 3 is 2.13 bits per heavy atom. The molecule has 1 unspecified atom stereocenters. The van der Waals surface area contributed by atoms with Gasteiger partial charge >= 0.3 is 12.1 Å². The number of benzene rings is 2. The van der Waals surface area contributed by atoms with E-state index in [9.17, 15) is 24.3 Å². The van der Waals surface area contributed by atoms with Crippen LogP contribution in [0.4, 0.5) is 4.79 Å². The Kier molecular flexibility index (Phi) is 6.79. The van der Waals surface area contributed by atoms with Gasteiger partial charge in [0, 0.05) is 6.54 Å². The Labute approximate surface area is 173 Å². The highest BCUT2D eigenvalue weighted by atomic mass is 16.5. The molecule has 3 rings (SSSR count). The van der Waals surface area contributed by atoms with E-state index in [4.69, 9.17) is 4.74 Å². The molecule has 2 aromatic rings. The SMILES string of the molecule is O=C(NC(CCCCN1C(=O)c2ccccc2C1=O)C(=O)O)OCc1ccccc1. The molecule has 30 heavy (non-hydrogen) atoms. The lowest BCUT2D eigenvalue weighted by molar-refractivity contribution is -0.139. The number of carbonyl (C=O) groups is 4. The summed E-state index contributed by atoms with van der Waals surface area (Å²) in [6.45, 7) is 0.232. The molecule has 0 radical (unpaired) electrons. The summed E-state index contributed by atoms with van der Waals surface area (Å²) in [5, 5.41) is 11.7. The molecule has 8 nitrogen and oxygen atoms in total. The van der Waals surface area contributed by atoms with E-state index < -0.39 is 18.1 Å². The lowest BCUT2D eigenvalue weighted by Crippen LogP contribution is -2.41. The Hall–Kier alpha value is -3.68. The first-order valence-corrected chi connectivity index (χ1v) is 9.62. The van der Waals surface area contributed by atoms with Gasteiger partial charge in [0.15, 0.2) is 0 Å². The number of ether oxygens (including phenoxy) is 1. The maximum Gasteiger partial charge on any atom is 0.408 e. The van der Waals surface area contributed by atoms with Gasteiger partial charge in [0.25, 0.3) is 11.8 Å². The monoisotopic (exact) mass is 410 g/mol. The van der Waals surface area contributed by atoms with Crippen LogP contribution in [0.25, 0.3) is 0 Å². The van der Waals surface area contributed by atoms with Crippen LogP contribution >= 0.6 is 0 Å². The third-order valence-corrected chi connectivity index (χ3v) is 4.81. The van der Waals surface area contributed by atoms with Crippen molar-refractivity contribution in [1.29, 1.82) is 0 Å². The maximum absolute atomic E-state index is 12.3. The molecule has 3 amide bonds. The van der Waals surface area contributed by atoms with Crippen molar-refractivity contribution in [2.45, 2.75) is 31.9 Å². The molecule has 1 heterocycles. The zero-order chi connectivity index (χ0) is 21.5. The van der Waals surface area contributed by atoms with Crippen molar-refractivity contribution in [3.05, 3.63) is 71.3 Å². The van der Waals surface area contributed by atoms with Crippen LogP contribution in [-0.4, -0.2) is 46.5 Å². The van der Waals surface area contributed by atoms with E-state index in [1.165, 1.54) is 4.90 Å². The van der Waals surface area contributed by atoms with Gasteiger partial charge < -0.3 is 15.2 Å². The fourth-order valence-electron chi connectivity index (χ4n) is 3.23. The predicted molar refractivity (Wildman–Crippen MR) is 107 cm³/mol. The molecule has 0 bridgehead atoms. The number of nitrogens with zero attached hydrogens (tertiary/aromatic N) is 1. The molecule has 1 atom stereocenters. The van der Waals surface area contributed by atoms with Gasteiger partial charge in [-0.2, -0.15) is 0 Å². The highest BCUT2D eigenvalue weighted by molar-refractivity contribution is 6.21. The number of hydrogen-bond donors (Lipinski definition) is 2. The number of aliphatic carboxylic acids is 1. The normalized spacial score (nSPS) is 13.7. The average molecular weight is 410 g/mol. The second-order valence-electron chi connectivity index (χ2n) is 6.90. The Morgan fingerprint density at radius 2 is 1.53 bits per heavy atom. The number of imide groups is 1. The second-order valence-corrected chi connectivity index (χ2v) is 6.90. The third kappa shape index (κ3) is 5.02. The number of unbranched alkanes of at least 4 members (excludes halogenated alkanes) is 1. The number of rotatable bonds is 9. The molecule has 2 N–H and O–H groups in total. The van der Waals surface area contributed by atoms with Crippen LogP contribution in [0.2, 0.25) is 0 Å². The molecule has 0 fully saturated rings. The average Bonchev–Trinajstić information content (AvgIpc) is 3.00. The zero-order valence-corrected chi connectivity index (χ0v) is 16.2. The minimum Gasteiger partial charge on any atom is -0.480 e. The van der Waals surface area contributed by atoms with Gasteiger partial charge in [-0.3, -0.25) is 14.5 Å². The van der Waals surface area contributed by atoms with Crippen molar-refractivity contribution < 1.29 is 29.0 Å². The fraction of sp³-hybridized carbons (Fsp3) is 0.273. The van der Waals surface area contributed by atoms with Gasteiger partial charge in [0.05, 0.1) is 11.1 Å². The summed E-state index contributed by atoms with van der Waals surface area (Å²) in [7, 11) is 0. The summed E-state index contributed by atoms with van der Waals surface area (Å²) >= 11 is 0. The van der Waals surface area contributed by atoms with E-state index in [0.717, 1.165) is 5.56 Å². The molecule has 8 heteroatoms. The minimum atomic E-state index is -1.17. The Morgan fingerprint density at radius 1 is 0.933 bits per heavy atom. The summed E-state index contributed by atoms with van der Waals surface area (Å²) in [6, 6.07) is 14.6. The van der Waals surface area contributed by atoms with Gasteiger partial charge in [-0.1, -0.05) is 42.5 Å².